The Morgan fingerprint density at radius 3 is 2.42 bits per heavy atom. The van der Waals surface area contributed by atoms with E-state index < -0.39 is 0 Å². The van der Waals surface area contributed by atoms with Gasteiger partial charge in [0.1, 0.15) is 18.2 Å². The molecular formula is C22H15ClFNO. The number of hydrogen-bond donors (Lipinski definition) is 0. The third kappa shape index (κ3) is 4.72. The molecule has 3 aromatic rings. The summed E-state index contributed by atoms with van der Waals surface area (Å²) in [6.07, 6.45) is 1.72. The second kappa shape index (κ2) is 8.33. The molecule has 0 saturated carbocycles. The number of benzene rings is 3. The average Bonchev–Trinajstić information content (AvgIpc) is 2.66. The number of ether oxygens (including phenoxy) is 1. The van der Waals surface area contributed by atoms with Gasteiger partial charge in [-0.25, -0.2) is 4.39 Å². The van der Waals surface area contributed by atoms with Gasteiger partial charge < -0.3 is 4.74 Å². The summed E-state index contributed by atoms with van der Waals surface area (Å²) in [5.74, 6) is 0.357. The zero-order valence-corrected chi connectivity index (χ0v) is 14.6. The van der Waals surface area contributed by atoms with E-state index in [0.717, 1.165) is 16.9 Å². The fraction of sp³-hybridized carbons (Fsp3) is 0.0455. The summed E-state index contributed by atoms with van der Waals surface area (Å²) in [7, 11) is 0. The van der Waals surface area contributed by atoms with Gasteiger partial charge in [-0.15, -0.1) is 0 Å². The molecule has 0 unspecified atom stereocenters. The SMILES string of the molecule is N#C/C(=C/c1ccc(OCc2ccc(Cl)cc2)cc1)c1cccc(F)c1. The first-order chi connectivity index (χ1) is 12.6. The van der Waals surface area contributed by atoms with Crippen LogP contribution in [0, 0.1) is 17.1 Å². The summed E-state index contributed by atoms with van der Waals surface area (Å²) in [4.78, 5) is 0. The highest BCUT2D eigenvalue weighted by Gasteiger charge is 2.03. The molecular weight excluding hydrogens is 349 g/mol. The Bertz CT molecular complexity index is 957. The number of nitrogens with zero attached hydrogens (tertiary/aromatic N) is 1. The van der Waals surface area contributed by atoms with E-state index in [4.69, 9.17) is 16.3 Å². The fourth-order valence-corrected chi connectivity index (χ4v) is 2.54. The quantitative estimate of drug-likeness (QED) is 0.404. The molecule has 0 amide bonds. The Hall–Kier alpha value is -3.09. The van der Waals surface area contributed by atoms with Gasteiger partial charge in [-0.2, -0.15) is 5.26 Å². The van der Waals surface area contributed by atoms with Crippen LogP contribution in [0.3, 0.4) is 0 Å². The Morgan fingerprint density at radius 2 is 1.77 bits per heavy atom. The third-order valence-electron chi connectivity index (χ3n) is 3.77. The molecule has 3 rings (SSSR count). The average molecular weight is 364 g/mol. The molecule has 0 aliphatic rings. The van der Waals surface area contributed by atoms with Crippen LogP contribution in [0.1, 0.15) is 16.7 Å². The van der Waals surface area contributed by atoms with Gasteiger partial charge in [-0.1, -0.05) is 48.0 Å². The van der Waals surface area contributed by atoms with Crippen LogP contribution in [0.2, 0.25) is 5.02 Å². The van der Waals surface area contributed by atoms with E-state index in [1.807, 2.05) is 48.5 Å². The van der Waals surface area contributed by atoms with Crippen LogP contribution in [-0.4, -0.2) is 0 Å². The lowest BCUT2D eigenvalue weighted by molar-refractivity contribution is 0.306. The van der Waals surface area contributed by atoms with Crippen LogP contribution < -0.4 is 4.74 Å². The molecule has 4 heteroatoms. The highest BCUT2D eigenvalue weighted by Crippen LogP contribution is 2.21. The maximum atomic E-state index is 13.3. The van der Waals surface area contributed by atoms with E-state index in [1.54, 1.807) is 18.2 Å². The van der Waals surface area contributed by atoms with E-state index in [9.17, 15) is 9.65 Å². The summed E-state index contributed by atoms with van der Waals surface area (Å²) < 4.78 is 19.1. The summed E-state index contributed by atoms with van der Waals surface area (Å²) >= 11 is 5.86. The zero-order chi connectivity index (χ0) is 18.4. The summed E-state index contributed by atoms with van der Waals surface area (Å²) in [6.45, 7) is 0.444. The lowest BCUT2D eigenvalue weighted by Gasteiger charge is -2.07. The Morgan fingerprint density at radius 1 is 1.04 bits per heavy atom. The van der Waals surface area contributed by atoms with Crippen molar-refractivity contribution >= 4 is 23.3 Å². The van der Waals surface area contributed by atoms with Gasteiger partial charge in [0.2, 0.25) is 0 Å². The molecule has 0 spiro atoms. The first-order valence-electron chi connectivity index (χ1n) is 7.99. The molecule has 0 atom stereocenters. The highest BCUT2D eigenvalue weighted by atomic mass is 35.5. The number of halogens is 2. The van der Waals surface area contributed by atoms with Crippen molar-refractivity contribution in [3.05, 3.63) is 100 Å². The van der Waals surface area contributed by atoms with Crippen molar-refractivity contribution in [2.45, 2.75) is 6.61 Å². The van der Waals surface area contributed by atoms with Crippen molar-refractivity contribution in [1.82, 2.24) is 0 Å². The summed E-state index contributed by atoms with van der Waals surface area (Å²) in [6, 6.07) is 23.0. The van der Waals surface area contributed by atoms with E-state index in [0.29, 0.717) is 22.8 Å². The van der Waals surface area contributed by atoms with Crippen molar-refractivity contribution in [2.75, 3.05) is 0 Å². The van der Waals surface area contributed by atoms with Crippen molar-refractivity contribution in [2.24, 2.45) is 0 Å². The smallest absolute Gasteiger partial charge is 0.123 e. The number of rotatable bonds is 5. The molecule has 0 heterocycles. The van der Waals surface area contributed by atoms with Crippen molar-refractivity contribution in [3.8, 4) is 11.8 Å². The molecule has 2 nitrogen and oxygen atoms in total. The largest absolute Gasteiger partial charge is 0.489 e. The molecule has 0 aromatic heterocycles. The minimum Gasteiger partial charge on any atom is -0.489 e. The monoisotopic (exact) mass is 363 g/mol. The predicted molar refractivity (Wildman–Crippen MR) is 102 cm³/mol. The Balaban J connectivity index is 1.70. The lowest BCUT2D eigenvalue weighted by Crippen LogP contribution is -1.94. The number of hydrogen-bond acceptors (Lipinski definition) is 2. The molecule has 0 aliphatic heterocycles. The standard InChI is InChI=1S/C22H15ClFNO/c23-20-8-4-17(5-9-20)15-26-22-10-6-16(7-11-22)12-19(14-25)18-2-1-3-21(24)13-18/h1-13H,15H2/b19-12-. The topological polar surface area (TPSA) is 33.0 Å². The van der Waals surface area contributed by atoms with Crippen LogP contribution in [0.4, 0.5) is 4.39 Å². The van der Waals surface area contributed by atoms with Gasteiger partial charge in [-0.05, 0) is 59.2 Å². The van der Waals surface area contributed by atoms with Crippen molar-refractivity contribution in [3.63, 3.8) is 0 Å². The maximum absolute atomic E-state index is 13.3. The molecule has 0 radical (unpaired) electrons. The minimum absolute atomic E-state index is 0.366. The summed E-state index contributed by atoms with van der Waals surface area (Å²) in [5, 5.41) is 10.0. The molecule has 0 N–H and O–H groups in total. The molecule has 3 aromatic carbocycles. The molecule has 0 aliphatic carbocycles. The lowest BCUT2D eigenvalue weighted by atomic mass is 10.0. The van der Waals surface area contributed by atoms with Crippen LogP contribution in [0.15, 0.2) is 72.8 Å². The van der Waals surface area contributed by atoms with E-state index >= 15 is 0 Å². The fourth-order valence-electron chi connectivity index (χ4n) is 2.41. The first-order valence-corrected chi connectivity index (χ1v) is 8.37. The first kappa shape index (κ1) is 17.7. The Kier molecular flexibility index (Phi) is 5.68. The van der Waals surface area contributed by atoms with Gasteiger partial charge in [-0.3, -0.25) is 0 Å². The maximum Gasteiger partial charge on any atom is 0.123 e. The molecule has 0 fully saturated rings. The van der Waals surface area contributed by atoms with Crippen LogP contribution >= 0.6 is 11.6 Å². The van der Waals surface area contributed by atoms with Crippen LogP contribution in [-0.2, 0) is 6.61 Å². The minimum atomic E-state index is -0.366. The molecule has 0 bridgehead atoms. The number of nitriles is 1. The third-order valence-corrected chi connectivity index (χ3v) is 4.02. The van der Waals surface area contributed by atoms with E-state index in [1.165, 1.54) is 12.1 Å². The molecule has 128 valence electrons. The van der Waals surface area contributed by atoms with Crippen LogP contribution in [0.5, 0.6) is 5.75 Å². The molecule has 26 heavy (non-hydrogen) atoms. The zero-order valence-electron chi connectivity index (χ0n) is 13.8. The highest BCUT2D eigenvalue weighted by molar-refractivity contribution is 6.30. The Labute approximate surface area is 156 Å². The van der Waals surface area contributed by atoms with Gasteiger partial charge in [0, 0.05) is 5.02 Å². The molecule has 0 saturated heterocycles. The summed E-state index contributed by atoms with van der Waals surface area (Å²) in [5.41, 5.74) is 2.82. The van der Waals surface area contributed by atoms with Crippen LogP contribution in [0.25, 0.3) is 11.6 Å². The van der Waals surface area contributed by atoms with Gasteiger partial charge in [0.05, 0.1) is 11.6 Å². The second-order valence-electron chi connectivity index (χ2n) is 5.66. The second-order valence-corrected chi connectivity index (χ2v) is 6.10. The van der Waals surface area contributed by atoms with Crippen molar-refractivity contribution < 1.29 is 9.13 Å². The van der Waals surface area contributed by atoms with Gasteiger partial charge >= 0.3 is 0 Å². The predicted octanol–water partition coefficient (Wildman–Crippen LogP) is 6.12. The van der Waals surface area contributed by atoms with Gasteiger partial charge in [0.15, 0.2) is 0 Å². The van der Waals surface area contributed by atoms with E-state index in [2.05, 4.69) is 6.07 Å². The normalized spacial score (nSPS) is 11.0. The van der Waals surface area contributed by atoms with Gasteiger partial charge in [0.25, 0.3) is 0 Å². The number of allylic oxidation sites excluding steroid dienone is 1. The van der Waals surface area contributed by atoms with Crippen molar-refractivity contribution in [1.29, 1.82) is 5.26 Å². The van der Waals surface area contributed by atoms with E-state index in [-0.39, 0.29) is 5.82 Å².